The van der Waals surface area contributed by atoms with Crippen molar-refractivity contribution in [2.45, 2.75) is 6.04 Å². The molecule has 0 radical (unpaired) electrons. The van der Waals surface area contributed by atoms with E-state index in [1.54, 1.807) is 12.1 Å². The van der Waals surface area contributed by atoms with Gasteiger partial charge in [-0.25, -0.2) is 4.39 Å². The third-order valence-electron chi connectivity index (χ3n) is 1.43. The van der Waals surface area contributed by atoms with E-state index in [1.165, 1.54) is 12.1 Å². The molecule has 2 nitrogen and oxygen atoms in total. The van der Waals surface area contributed by atoms with Crippen LogP contribution in [-0.4, -0.2) is 0 Å². The summed E-state index contributed by atoms with van der Waals surface area (Å²) in [6.45, 7) is 0. The molecular formula is C8H6BrFN2. The first kappa shape index (κ1) is 9.17. The molecule has 0 heterocycles. The standard InChI is InChI=1S/C8H6BrFN2/c9-5-1-2-7(10)6(3-5)8(12)4-11/h1-3,8H,12H2. The van der Waals surface area contributed by atoms with Gasteiger partial charge in [0.15, 0.2) is 0 Å². The van der Waals surface area contributed by atoms with Gasteiger partial charge in [0.2, 0.25) is 0 Å². The summed E-state index contributed by atoms with van der Waals surface area (Å²) in [6, 6.07) is 5.20. The summed E-state index contributed by atoms with van der Waals surface area (Å²) >= 11 is 3.16. The van der Waals surface area contributed by atoms with E-state index >= 15 is 0 Å². The van der Waals surface area contributed by atoms with Gasteiger partial charge in [-0.1, -0.05) is 15.9 Å². The molecule has 1 atom stereocenters. The van der Waals surface area contributed by atoms with Gasteiger partial charge >= 0.3 is 0 Å². The van der Waals surface area contributed by atoms with E-state index in [1.807, 2.05) is 0 Å². The summed E-state index contributed by atoms with van der Waals surface area (Å²) in [5.74, 6) is -0.452. The molecule has 0 aromatic heterocycles. The van der Waals surface area contributed by atoms with Crippen molar-refractivity contribution in [1.29, 1.82) is 5.26 Å². The minimum absolute atomic E-state index is 0.215. The minimum Gasteiger partial charge on any atom is -0.312 e. The third-order valence-corrected chi connectivity index (χ3v) is 1.93. The molecule has 0 spiro atoms. The number of rotatable bonds is 1. The highest BCUT2D eigenvalue weighted by atomic mass is 79.9. The van der Waals surface area contributed by atoms with Crippen LogP contribution in [0, 0.1) is 17.1 Å². The Labute approximate surface area is 77.9 Å². The lowest BCUT2D eigenvalue weighted by molar-refractivity contribution is 0.603. The van der Waals surface area contributed by atoms with Crippen LogP contribution in [0.25, 0.3) is 0 Å². The van der Waals surface area contributed by atoms with Crippen LogP contribution in [0.5, 0.6) is 0 Å². The van der Waals surface area contributed by atoms with Crippen molar-refractivity contribution in [1.82, 2.24) is 0 Å². The summed E-state index contributed by atoms with van der Waals surface area (Å²) in [5.41, 5.74) is 5.56. The Bertz CT molecular complexity index is 332. The molecule has 4 heteroatoms. The number of nitrogens with zero attached hydrogens (tertiary/aromatic N) is 1. The monoisotopic (exact) mass is 228 g/mol. The molecule has 0 fully saturated rings. The summed E-state index contributed by atoms with van der Waals surface area (Å²) in [5, 5.41) is 8.45. The van der Waals surface area contributed by atoms with Gasteiger partial charge in [0, 0.05) is 10.0 Å². The first-order chi connectivity index (χ1) is 5.65. The van der Waals surface area contributed by atoms with Crippen LogP contribution < -0.4 is 5.73 Å². The van der Waals surface area contributed by atoms with E-state index in [2.05, 4.69) is 15.9 Å². The average Bonchev–Trinajstić information content (AvgIpc) is 2.08. The second-order valence-electron chi connectivity index (χ2n) is 2.27. The van der Waals surface area contributed by atoms with E-state index < -0.39 is 11.9 Å². The Morgan fingerprint density at radius 3 is 2.83 bits per heavy atom. The van der Waals surface area contributed by atoms with Crippen LogP contribution in [0.4, 0.5) is 4.39 Å². The van der Waals surface area contributed by atoms with Crippen molar-refractivity contribution in [2.24, 2.45) is 5.73 Å². The smallest absolute Gasteiger partial charge is 0.129 e. The molecule has 1 aromatic carbocycles. The highest BCUT2D eigenvalue weighted by Gasteiger charge is 2.09. The van der Waals surface area contributed by atoms with E-state index in [-0.39, 0.29) is 5.56 Å². The molecule has 0 aliphatic rings. The van der Waals surface area contributed by atoms with Gasteiger partial charge in [-0.3, -0.25) is 0 Å². The normalized spacial score (nSPS) is 12.2. The maximum atomic E-state index is 13.0. The molecule has 12 heavy (non-hydrogen) atoms. The number of hydrogen-bond acceptors (Lipinski definition) is 2. The number of nitriles is 1. The topological polar surface area (TPSA) is 49.8 Å². The van der Waals surface area contributed by atoms with E-state index in [0.29, 0.717) is 4.47 Å². The van der Waals surface area contributed by atoms with Gasteiger partial charge in [-0.05, 0) is 18.2 Å². The van der Waals surface area contributed by atoms with E-state index in [4.69, 9.17) is 11.0 Å². The maximum Gasteiger partial charge on any atom is 0.129 e. The van der Waals surface area contributed by atoms with Crippen LogP contribution in [0.1, 0.15) is 11.6 Å². The molecule has 0 saturated heterocycles. The summed E-state index contributed by atoms with van der Waals surface area (Å²) in [4.78, 5) is 0. The lowest BCUT2D eigenvalue weighted by Gasteiger charge is -2.04. The van der Waals surface area contributed by atoms with Gasteiger partial charge in [-0.15, -0.1) is 0 Å². The molecule has 0 amide bonds. The number of benzene rings is 1. The third kappa shape index (κ3) is 1.81. The van der Waals surface area contributed by atoms with Gasteiger partial charge in [0.25, 0.3) is 0 Å². The van der Waals surface area contributed by atoms with Crippen molar-refractivity contribution < 1.29 is 4.39 Å². The summed E-state index contributed by atoms with van der Waals surface area (Å²) in [6.07, 6.45) is 0. The SMILES string of the molecule is N#CC(N)c1cc(Br)ccc1F. The zero-order valence-corrected chi connectivity index (χ0v) is 7.68. The lowest BCUT2D eigenvalue weighted by atomic mass is 10.1. The summed E-state index contributed by atoms with van der Waals surface area (Å²) in [7, 11) is 0. The molecule has 0 aliphatic carbocycles. The minimum atomic E-state index is -0.900. The molecule has 62 valence electrons. The van der Waals surface area contributed by atoms with Crippen molar-refractivity contribution in [3.8, 4) is 6.07 Å². The van der Waals surface area contributed by atoms with Gasteiger partial charge in [0.05, 0.1) is 6.07 Å². The molecule has 2 N–H and O–H groups in total. The Balaban J connectivity index is 3.15. The molecule has 0 bridgehead atoms. The maximum absolute atomic E-state index is 13.0. The second-order valence-corrected chi connectivity index (χ2v) is 3.19. The average molecular weight is 229 g/mol. The first-order valence-electron chi connectivity index (χ1n) is 3.25. The fourth-order valence-electron chi connectivity index (χ4n) is 0.822. The van der Waals surface area contributed by atoms with Crippen LogP contribution in [0.3, 0.4) is 0 Å². The van der Waals surface area contributed by atoms with Crippen LogP contribution in [0.15, 0.2) is 22.7 Å². The zero-order valence-electron chi connectivity index (χ0n) is 6.09. The highest BCUT2D eigenvalue weighted by molar-refractivity contribution is 9.10. The molecule has 0 saturated carbocycles. The fourth-order valence-corrected chi connectivity index (χ4v) is 1.20. The molecular weight excluding hydrogens is 223 g/mol. The van der Waals surface area contributed by atoms with Gasteiger partial charge < -0.3 is 5.73 Å². The zero-order chi connectivity index (χ0) is 9.14. The largest absolute Gasteiger partial charge is 0.312 e. The second kappa shape index (κ2) is 3.65. The molecule has 1 rings (SSSR count). The van der Waals surface area contributed by atoms with E-state index in [9.17, 15) is 4.39 Å². The van der Waals surface area contributed by atoms with Crippen molar-refractivity contribution in [3.05, 3.63) is 34.1 Å². The summed E-state index contributed by atoms with van der Waals surface area (Å²) < 4.78 is 13.7. The van der Waals surface area contributed by atoms with E-state index in [0.717, 1.165) is 0 Å². The van der Waals surface area contributed by atoms with Crippen molar-refractivity contribution >= 4 is 15.9 Å². The Morgan fingerprint density at radius 1 is 1.58 bits per heavy atom. The van der Waals surface area contributed by atoms with Gasteiger partial charge in [-0.2, -0.15) is 5.26 Å². The first-order valence-corrected chi connectivity index (χ1v) is 4.04. The molecule has 1 aromatic rings. The quantitative estimate of drug-likeness (QED) is 0.801. The fraction of sp³-hybridized carbons (Fsp3) is 0.125. The Morgan fingerprint density at radius 2 is 2.25 bits per heavy atom. The number of hydrogen-bond donors (Lipinski definition) is 1. The Kier molecular flexibility index (Phi) is 2.79. The Hall–Kier alpha value is -0.920. The van der Waals surface area contributed by atoms with Gasteiger partial charge in [0.1, 0.15) is 11.9 Å². The van der Waals surface area contributed by atoms with Crippen molar-refractivity contribution in [3.63, 3.8) is 0 Å². The number of nitrogens with two attached hydrogens (primary N) is 1. The lowest BCUT2D eigenvalue weighted by Crippen LogP contribution is -2.09. The van der Waals surface area contributed by atoms with Crippen molar-refractivity contribution in [2.75, 3.05) is 0 Å². The van der Waals surface area contributed by atoms with Crippen LogP contribution in [-0.2, 0) is 0 Å². The predicted octanol–water partition coefficient (Wildman–Crippen LogP) is 2.11. The van der Waals surface area contributed by atoms with Crippen LogP contribution in [0.2, 0.25) is 0 Å². The van der Waals surface area contributed by atoms with Crippen LogP contribution >= 0.6 is 15.9 Å². The molecule has 0 aliphatic heterocycles. The molecule has 1 unspecified atom stereocenters. The predicted molar refractivity (Wildman–Crippen MR) is 46.6 cm³/mol. The highest BCUT2D eigenvalue weighted by Crippen LogP contribution is 2.19. The number of halogens is 2.